The molecule has 1 aliphatic heterocycles. The van der Waals surface area contributed by atoms with Crippen LogP contribution in [0.4, 0.5) is 19.1 Å². The topological polar surface area (TPSA) is 108 Å². The highest BCUT2D eigenvalue weighted by Gasteiger charge is 2.43. The first-order chi connectivity index (χ1) is 11.7. The zero-order valence-electron chi connectivity index (χ0n) is 12.5. The minimum Gasteiger partial charge on any atom is -0.330 e. The lowest BCUT2D eigenvalue weighted by molar-refractivity contribution is -0.186. The molecule has 0 radical (unpaired) electrons. The Bertz CT molecular complexity index is 896. The molecule has 0 bridgehead atoms. The van der Waals surface area contributed by atoms with Crippen molar-refractivity contribution in [1.29, 1.82) is 0 Å². The number of carbonyl (C=O) groups is 1. The zero-order chi connectivity index (χ0) is 18.2. The number of hydrogen-bond acceptors (Lipinski definition) is 5. The van der Waals surface area contributed by atoms with Crippen LogP contribution in [0.1, 0.15) is 11.1 Å². The van der Waals surface area contributed by atoms with Crippen LogP contribution in [0.5, 0.6) is 0 Å². The van der Waals surface area contributed by atoms with Gasteiger partial charge in [-0.15, -0.1) is 0 Å². The standard InChI is InChI=1S/C13H12F3N5O3S/c14-13(15,16)11(22)21-4-3-8-1-2-10(5-9(8)6-21)25(23,24)20-12-17-7-18-19-12/h1-2,5,7H,3-4,6H2,(H2,17,18,19,20). The van der Waals surface area contributed by atoms with Gasteiger partial charge in [-0.05, 0) is 29.7 Å². The fraction of sp³-hybridized carbons (Fsp3) is 0.308. The third-order valence-corrected chi connectivity index (χ3v) is 5.01. The molecule has 0 saturated heterocycles. The van der Waals surface area contributed by atoms with Crippen LogP contribution in [-0.2, 0) is 27.8 Å². The molecule has 2 N–H and O–H groups in total. The summed E-state index contributed by atoms with van der Waals surface area (Å²) in [5.74, 6) is -2.03. The number of aromatic amines is 1. The van der Waals surface area contributed by atoms with Gasteiger partial charge >= 0.3 is 12.1 Å². The minimum absolute atomic E-state index is 0.0756. The molecule has 0 atom stereocenters. The summed E-state index contributed by atoms with van der Waals surface area (Å²) in [7, 11) is -3.99. The van der Waals surface area contributed by atoms with Crippen LogP contribution in [-0.4, -0.2) is 47.1 Å². The summed E-state index contributed by atoms with van der Waals surface area (Å²) in [5, 5.41) is 5.84. The van der Waals surface area contributed by atoms with Crippen LogP contribution >= 0.6 is 0 Å². The molecule has 1 aromatic heterocycles. The molecule has 1 aliphatic rings. The van der Waals surface area contributed by atoms with E-state index in [0.29, 0.717) is 16.0 Å². The first kappa shape index (κ1) is 17.2. The van der Waals surface area contributed by atoms with E-state index in [2.05, 4.69) is 19.9 Å². The maximum absolute atomic E-state index is 12.6. The van der Waals surface area contributed by atoms with Crippen LogP contribution < -0.4 is 4.72 Å². The number of anilines is 1. The van der Waals surface area contributed by atoms with Crippen LogP contribution in [0.2, 0.25) is 0 Å². The molecule has 2 aromatic rings. The van der Waals surface area contributed by atoms with Crippen LogP contribution in [0.25, 0.3) is 0 Å². The van der Waals surface area contributed by atoms with Gasteiger partial charge in [0, 0.05) is 13.1 Å². The van der Waals surface area contributed by atoms with E-state index in [9.17, 15) is 26.4 Å². The first-order valence-electron chi connectivity index (χ1n) is 7.03. The molecule has 1 amide bonds. The molecule has 12 heteroatoms. The van der Waals surface area contributed by atoms with Gasteiger partial charge in [-0.3, -0.25) is 4.79 Å². The van der Waals surface area contributed by atoms with Crippen molar-refractivity contribution in [2.75, 3.05) is 11.3 Å². The molecular formula is C13H12F3N5O3S. The summed E-state index contributed by atoms with van der Waals surface area (Å²) in [6, 6.07) is 4.13. The lowest BCUT2D eigenvalue weighted by atomic mass is 10.00. The van der Waals surface area contributed by atoms with Gasteiger partial charge in [-0.25, -0.2) is 18.2 Å². The van der Waals surface area contributed by atoms with Crippen molar-refractivity contribution in [2.45, 2.75) is 24.0 Å². The van der Waals surface area contributed by atoms with Crippen molar-refractivity contribution in [3.63, 3.8) is 0 Å². The molecule has 0 unspecified atom stereocenters. The lowest BCUT2D eigenvalue weighted by Crippen LogP contribution is -2.43. The summed E-state index contributed by atoms with van der Waals surface area (Å²) < 4.78 is 64.5. The van der Waals surface area contributed by atoms with Crippen molar-refractivity contribution in [2.24, 2.45) is 0 Å². The highest BCUT2D eigenvalue weighted by Crippen LogP contribution is 2.27. The maximum atomic E-state index is 12.6. The van der Waals surface area contributed by atoms with Crippen LogP contribution in [0, 0.1) is 0 Å². The number of fused-ring (bicyclic) bond motifs is 1. The zero-order valence-corrected chi connectivity index (χ0v) is 13.4. The molecule has 1 aromatic carbocycles. The van der Waals surface area contributed by atoms with Crippen LogP contribution in [0.15, 0.2) is 29.4 Å². The van der Waals surface area contributed by atoms with Gasteiger partial charge in [-0.2, -0.15) is 23.3 Å². The third-order valence-electron chi connectivity index (χ3n) is 3.68. The quantitative estimate of drug-likeness (QED) is 0.834. The number of nitrogens with one attached hydrogen (secondary N) is 2. The van der Waals surface area contributed by atoms with Crippen molar-refractivity contribution >= 4 is 21.9 Å². The number of halogens is 3. The molecule has 0 saturated carbocycles. The Labute approximate surface area is 140 Å². The molecule has 3 rings (SSSR count). The molecule has 25 heavy (non-hydrogen) atoms. The number of alkyl halides is 3. The summed E-state index contributed by atoms with van der Waals surface area (Å²) in [5.41, 5.74) is 1.05. The molecule has 0 spiro atoms. The summed E-state index contributed by atoms with van der Waals surface area (Å²) in [6.07, 6.45) is -3.63. The van der Waals surface area contributed by atoms with Gasteiger partial charge in [0.1, 0.15) is 6.33 Å². The van der Waals surface area contributed by atoms with Crippen LogP contribution in [0.3, 0.4) is 0 Å². The third kappa shape index (κ3) is 3.57. The Morgan fingerprint density at radius 3 is 2.68 bits per heavy atom. The average Bonchev–Trinajstić information content (AvgIpc) is 3.04. The first-order valence-corrected chi connectivity index (χ1v) is 8.51. The molecule has 8 nitrogen and oxygen atoms in total. The van der Waals surface area contributed by atoms with Gasteiger partial charge in [0.25, 0.3) is 10.0 Å². The molecule has 134 valence electrons. The van der Waals surface area contributed by atoms with E-state index in [1.54, 1.807) is 0 Å². The number of H-pyrrole nitrogens is 1. The molecule has 2 heterocycles. The Morgan fingerprint density at radius 2 is 2.04 bits per heavy atom. The van der Waals surface area contributed by atoms with E-state index >= 15 is 0 Å². The number of carbonyl (C=O) groups excluding carboxylic acids is 1. The predicted molar refractivity (Wildman–Crippen MR) is 78.8 cm³/mol. The summed E-state index contributed by atoms with van der Waals surface area (Å²) in [4.78, 5) is 15.5. The second-order valence-corrected chi connectivity index (χ2v) is 7.03. The van der Waals surface area contributed by atoms with E-state index in [0.717, 1.165) is 6.33 Å². The fourth-order valence-corrected chi connectivity index (χ4v) is 3.51. The van der Waals surface area contributed by atoms with E-state index in [-0.39, 0.29) is 30.4 Å². The number of aromatic nitrogens is 3. The maximum Gasteiger partial charge on any atom is 0.471 e. The van der Waals surface area contributed by atoms with E-state index < -0.39 is 22.1 Å². The highest BCUT2D eigenvalue weighted by molar-refractivity contribution is 7.92. The lowest BCUT2D eigenvalue weighted by Gasteiger charge is -2.29. The fourth-order valence-electron chi connectivity index (χ4n) is 2.49. The highest BCUT2D eigenvalue weighted by atomic mass is 32.2. The number of hydrogen-bond donors (Lipinski definition) is 2. The van der Waals surface area contributed by atoms with Gasteiger partial charge in [-0.1, -0.05) is 6.07 Å². The Balaban J connectivity index is 1.86. The van der Waals surface area contributed by atoms with Gasteiger partial charge in [0.05, 0.1) is 4.90 Å². The Kier molecular flexibility index (Phi) is 4.14. The smallest absolute Gasteiger partial charge is 0.330 e. The number of sulfonamides is 1. The second-order valence-electron chi connectivity index (χ2n) is 5.34. The molecular weight excluding hydrogens is 363 g/mol. The number of benzene rings is 1. The van der Waals surface area contributed by atoms with Gasteiger partial charge in [0.15, 0.2) is 0 Å². The van der Waals surface area contributed by atoms with Gasteiger partial charge < -0.3 is 4.90 Å². The number of nitrogens with zero attached hydrogens (tertiary/aromatic N) is 3. The van der Waals surface area contributed by atoms with Crippen molar-refractivity contribution in [1.82, 2.24) is 20.1 Å². The van der Waals surface area contributed by atoms with Crippen molar-refractivity contribution in [3.05, 3.63) is 35.7 Å². The van der Waals surface area contributed by atoms with E-state index in [1.165, 1.54) is 18.2 Å². The number of rotatable bonds is 3. The van der Waals surface area contributed by atoms with E-state index in [1.807, 2.05) is 0 Å². The molecule has 0 aliphatic carbocycles. The summed E-state index contributed by atoms with van der Waals surface area (Å²) >= 11 is 0. The normalized spacial score (nSPS) is 14.9. The van der Waals surface area contributed by atoms with E-state index in [4.69, 9.17) is 0 Å². The Morgan fingerprint density at radius 1 is 1.28 bits per heavy atom. The van der Waals surface area contributed by atoms with Crippen molar-refractivity contribution < 1.29 is 26.4 Å². The SMILES string of the molecule is O=C(N1CCc2ccc(S(=O)(=O)Nc3ncn[nH]3)cc2C1)C(F)(F)F. The molecule has 0 fully saturated rings. The number of amides is 1. The summed E-state index contributed by atoms with van der Waals surface area (Å²) in [6.45, 7) is -0.382. The van der Waals surface area contributed by atoms with Gasteiger partial charge in [0.2, 0.25) is 5.95 Å². The minimum atomic E-state index is -4.96. The average molecular weight is 375 g/mol. The second kappa shape index (κ2) is 6.02. The monoisotopic (exact) mass is 375 g/mol. The predicted octanol–water partition coefficient (Wildman–Crippen LogP) is 1.05. The Hall–Kier alpha value is -2.63. The van der Waals surface area contributed by atoms with Crippen molar-refractivity contribution in [3.8, 4) is 0 Å². The largest absolute Gasteiger partial charge is 0.471 e.